The Labute approximate surface area is 177 Å². The van der Waals surface area contributed by atoms with Gasteiger partial charge in [0.2, 0.25) is 5.91 Å². The van der Waals surface area contributed by atoms with Gasteiger partial charge in [-0.25, -0.2) is 9.59 Å². The number of ether oxygens (including phenoxy) is 2. The Hall–Kier alpha value is -2.98. The topological polar surface area (TPSA) is 97.0 Å². The first-order valence-corrected chi connectivity index (χ1v) is 9.64. The van der Waals surface area contributed by atoms with Gasteiger partial charge in [-0.05, 0) is 49.0 Å². The number of benzene rings is 1. The van der Waals surface area contributed by atoms with E-state index < -0.39 is 11.9 Å². The van der Waals surface area contributed by atoms with E-state index in [2.05, 4.69) is 10.6 Å². The van der Waals surface area contributed by atoms with Gasteiger partial charge in [0.1, 0.15) is 9.88 Å². The summed E-state index contributed by atoms with van der Waals surface area (Å²) in [6, 6.07) is 7.08. The van der Waals surface area contributed by atoms with Crippen LogP contribution in [0.25, 0.3) is 0 Å². The molecule has 154 valence electrons. The number of methoxy groups -OCH3 is 2. The van der Waals surface area contributed by atoms with Crippen molar-refractivity contribution in [3.05, 3.63) is 40.3 Å². The van der Waals surface area contributed by atoms with E-state index in [1.54, 1.807) is 38.2 Å². The quantitative estimate of drug-likeness (QED) is 0.545. The van der Waals surface area contributed by atoms with E-state index in [9.17, 15) is 14.4 Å². The predicted molar refractivity (Wildman–Crippen MR) is 117 cm³/mol. The molecule has 2 aromatic rings. The van der Waals surface area contributed by atoms with Crippen LogP contribution in [0.15, 0.2) is 24.3 Å². The monoisotopic (exact) mass is 435 g/mol. The highest BCUT2D eigenvalue weighted by molar-refractivity contribution is 7.80. The van der Waals surface area contributed by atoms with Crippen molar-refractivity contribution in [2.45, 2.75) is 13.8 Å². The number of carbonyl (C=O) groups is 3. The van der Waals surface area contributed by atoms with E-state index in [-0.39, 0.29) is 21.5 Å². The third kappa shape index (κ3) is 5.09. The zero-order chi connectivity index (χ0) is 21.7. The zero-order valence-electron chi connectivity index (χ0n) is 16.6. The van der Waals surface area contributed by atoms with Crippen molar-refractivity contribution >= 4 is 62.9 Å². The van der Waals surface area contributed by atoms with Gasteiger partial charge in [-0.1, -0.05) is 0 Å². The SMILES string of the molecule is COC(=O)c1sc(NC(=S)Nc2ccc(N(C)C(C)=O)cc2)c(C(=O)OC)c1C. The standard InChI is InChI=1S/C19H21N3O5S2/c1-10-14(17(24)26-4)16(29-15(10)18(25)27-5)21-19(28)20-12-6-8-13(9-7-12)22(3)11(2)23/h6-9H,1-5H3,(H2,20,21,28). The molecular weight excluding hydrogens is 414 g/mol. The number of thiocarbonyl (C=S) groups is 1. The van der Waals surface area contributed by atoms with Crippen molar-refractivity contribution in [1.82, 2.24) is 0 Å². The minimum atomic E-state index is -0.587. The lowest BCUT2D eigenvalue weighted by Gasteiger charge is -2.16. The van der Waals surface area contributed by atoms with Gasteiger partial charge in [0.15, 0.2) is 5.11 Å². The maximum atomic E-state index is 12.2. The lowest BCUT2D eigenvalue weighted by molar-refractivity contribution is -0.116. The summed E-state index contributed by atoms with van der Waals surface area (Å²) in [6.07, 6.45) is 0. The van der Waals surface area contributed by atoms with Gasteiger partial charge in [-0.2, -0.15) is 0 Å². The number of esters is 2. The van der Waals surface area contributed by atoms with E-state index in [1.165, 1.54) is 26.0 Å². The van der Waals surface area contributed by atoms with Gasteiger partial charge in [-0.3, -0.25) is 4.79 Å². The minimum absolute atomic E-state index is 0.0762. The number of amides is 1. The first-order valence-electron chi connectivity index (χ1n) is 8.42. The van der Waals surface area contributed by atoms with Crippen LogP contribution in [0, 0.1) is 6.92 Å². The average Bonchev–Trinajstić information content (AvgIpc) is 3.02. The molecule has 1 heterocycles. The molecular formula is C19H21N3O5S2. The fraction of sp³-hybridized carbons (Fsp3) is 0.263. The van der Waals surface area contributed by atoms with Gasteiger partial charge in [-0.15, -0.1) is 11.3 Å². The highest BCUT2D eigenvalue weighted by Gasteiger charge is 2.26. The number of nitrogens with one attached hydrogen (secondary N) is 2. The van der Waals surface area contributed by atoms with Gasteiger partial charge in [0, 0.05) is 25.3 Å². The highest BCUT2D eigenvalue weighted by Crippen LogP contribution is 2.34. The molecule has 10 heteroatoms. The van der Waals surface area contributed by atoms with Crippen LogP contribution in [0.1, 0.15) is 32.5 Å². The molecule has 29 heavy (non-hydrogen) atoms. The number of anilines is 3. The molecule has 2 N–H and O–H groups in total. The van der Waals surface area contributed by atoms with Crippen LogP contribution in [0.2, 0.25) is 0 Å². The molecule has 0 fully saturated rings. The molecule has 0 saturated heterocycles. The maximum Gasteiger partial charge on any atom is 0.348 e. The third-order valence-corrected chi connectivity index (χ3v) is 5.51. The molecule has 0 bridgehead atoms. The van der Waals surface area contributed by atoms with Crippen LogP contribution in [0.3, 0.4) is 0 Å². The van der Waals surface area contributed by atoms with Crippen LogP contribution in [-0.4, -0.2) is 44.2 Å². The molecule has 0 aliphatic carbocycles. The largest absolute Gasteiger partial charge is 0.465 e. The molecule has 0 radical (unpaired) electrons. The second-order valence-corrected chi connectivity index (χ2v) is 7.38. The van der Waals surface area contributed by atoms with Gasteiger partial charge in [0.05, 0.1) is 19.8 Å². The first-order chi connectivity index (χ1) is 13.7. The molecule has 1 aromatic heterocycles. The van der Waals surface area contributed by atoms with Crippen LogP contribution < -0.4 is 15.5 Å². The van der Waals surface area contributed by atoms with Crippen molar-refractivity contribution in [2.24, 2.45) is 0 Å². The number of carbonyl (C=O) groups excluding carboxylic acids is 3. The van der Waals surface area contributed by atoms with E-state index in [4.69, 9.17) is 21.7 Å². The lowest BCUT2D eigenvalue weighted by atomic mass is 10.1. The molecule has 2 rings (SSSR count). The van der Waals surface area contributed by atoms with Crippen LogP contribution in [-0.2, 0) is 14.3 Å². The summed E-state index contributed by atoms with van der Waals surface area (Å²) in [6.45, 7) is 3.12. The highest BCUT2D eigenvalue weighted by atomic mass is 32.1. The van der Waals surface area contributed by atoms with Crippen LogP contribution >= 0.6 is 23.6 Å². The van der Waals surface area contributed by atoms with Gasteiger partial charge >= 0.3 is 11.9 Å². The fourth-order valence-electron chi connectivity index (χ4n) is 2.45. The summed E-state index contributed by atoms with van der Waals surface area (Å²) < 4.78 is 9.58. The number of hydrogen-bond acceptors (Lipinski definition) is 7. The second-order valence-electron chi connectivity index (χ2n) is 5.95. The van der Waals surface area contributed by atoms with Crippen molar-refractivity contribution in [3.8, 4) is 0 Å². The maximum absolute atomic E-state index is 12.2. The Morgan fingerprint density at radius 1 is 1.03 bits per heavy atom. The van der Waals surface area contributed by atoms with Gasteiger partial charge < -0.3 is 25.0 Å². The molecule has 0 saturated carbocycles. The zero-order valence-corrected chi connectivity index (χ0v) is 18.2. The first kappa shape index (κ1) is 22.3. The molecule has 1 aromatic carbocycles. The minimum Gasteiger partial charge on any atom is -0.465 e. The van der Waals surface area contributed by atoms with Crippen LogP contribution in [0.5, 0.6) is 0 Å². The summed E-state index contributed by atoms with van der Waals surface area (Å²) >= 11 is 6.38. The predicted octanol–water partition coefficient (Wildman–Crippen LogP) is 3.42. The fourth-order valence-corrected chi connectivity index (χ4v) is 3.85. The molecule has 0 aliphatic rings. The Morgan fingerprint density at radius 2 is 1.62 bits per heavy atom. The third-order valence-electron chi connectivity index (χ3n) is 4.12. The molecule has 0 unspecified atom stereocenters. The average molecular weight is 436 g/mol. The summed E-state index contributed by atoms with van der Waals surface area (Å²) in [5.74, 6) is -1.21. The summed E-state index contributed by atoms with van der Waals surface area (Å²) in [5, 5.41) is 6.53. The van der Waals surface area contributed by atoms with E-state index >= 15 is 0 Å². The molecule has 0 atom stereocenters. The Bertz CT molecular complexity index is 953. The number of hydrogen-bond donors (Lipinski definition) is 2. The Morgan fingerprint density at radius 3 is 2.14 bits per heavy atom. The molecule has 1 amide bonds. The summed E-state index contributed by atoms with van der Waals surface area (Å²) in [7, 11) is 4.21. The number of thiophene rings is 1. The van der Waals surface area contributed by atoms with Crippen molar-refractivity contribution < 1.29 is 23.9 Å². The molecule has 0 spiro atoms. The smallest absolute Gasteiger partial charge is 0.348 e. The molecule has 0 aliphatic heterocycles. The van der Waals surface area contributed by atoms with Crippen molar-refractivity contribution in [1.29, 1.82) is 0 Å². The Balaban J connectivity index is 2.21. The second kappa shape index (κ2) is 9.48. The Kier molecular flexibility index (Phi) is 7.29. The number of nitrogens with zero attached hydrogens (tertiary/aromatic N) is 1. The normalized spacial score (nSPS) is 10.1. The van der Waals surface area contributed by atoms with Gasteiger partial charge in [0.25, 0.3) is 0 Å². The molecule has 8 nitrogen and oxygen atoms in total. The van der Waals surface area contributed by atoms with Crippen molar-refractivity contribution in [3.63, 3.8) is 0 Å². The lowest BCUT2D eigenvalue weighted by Crippen LogP contribution is -2.23. The van der Waals surface area contributed by atoms with Crippen LogP contribution in [0.4, 0.5) is 16.4 Å². The summed E-state index contributed by atoms with van der Waals surface area (Å²) in [4.78, 5) is 37.4. The number of rotatable bonds is 5. The summed E-state index contributed by atoms with van der Waals surface area (Å²) in [5.41, 5.74) is 2.10. The van der Waals surface area contributed by atoms with E-state index in [1.807, 2.05) is 0 Å². The van der Waals surface area contributed by atoms with E-state index in [0.29, 0.717) is 16.3 Å². The van der Waals surface area contributed by atoms with Crippen molar-refractivity contribution in [2.75, 3.05) is 36.8 Å². The van der Waals surface area contributed by atoms with E-state index in [0.717, 1.165) is 17.0 Å².